The van der Waals surface area contributed by atoms with Gasteiger partial charge in [0.2, 0.25) is 0 Å². The van der Waals surface area contributed by atoms with Crippen molar-refractivity contribution in [3.63, 3.8) is 0 Å². The summed E-state index contributed by atoms with van der Waals surface area (Å²) in [6.07, 6.45) is 9.63. The standard InChI is InChI=1S/C30H48O5/c1-26(2)20-11-14-29(5)21(27(20,3)13-12-22(26)31)9-8-19-23-18(24(32)34-6)10-15-30(23,25(33)35-7)17-16-28(19,29)4/h18-23,31H,8-17H2,1-7H3/t18-,19?,20?,21?,22+,23?,27+,28-,29-,30+/m1/s1. The summed E-state index contributed by atoms with van der Waals surface area (Å²) in [7, 11) is 3.00. The van der Waals surface area contributed by atoms with E-state index in [0.29, 0.717) is 17.8 Å². The minimum absolute atomic E-state index is 0.00840. The van der Waals surface area contributed by atoms with E-state index in [9.17, 15) is 14.7 Å². The molecule has 0 aromatic heterocycles. The second-order valence-electron chi connectivity index (χ2n) is 14.4. The van der Waals surface area contributed by atoms with Gasteiger partial charge in [0, 0.05) is 0 Å². The van der Waals surface area contributed by atoms with Crippen LogP contribution in [0.2, 0.25) is 0 Å². The Bertz CT molecular complexity index is 897. The van der Waals surface area contributed by atoms with E-state index < -0.39 is 5.41 Å². The SMILES string of the molecule is COC(=O)[C@@H]1CC[C@]2(C(=O)OC)CC[C@]3(C)C(CCC4[C@@]5(C)CC[C@H](O)C(C)(C)C5CC[C@]43C)C12. The van der Waals surface area contributed by atoms with Gasteiger partial charge in [0.25, 0.3) is 0 Å². The minimum atomic E-state index is -0.543. The van der Waals surface area contributed by atoms with Crippen LogP contribution in [0, 0.1) is 56.7 Å². The van der Waals surface area contributed by atoms with Crippen LogP contribution in [-0.4, -0.2) is 37.4 Å². The maximum absolute atomic E-state index is 13.3. The van der Waals surface area contributed by atoms with E-state index in [1.165, 1.54) is 20.6 Å². The Morgan fingerprint density at radius 2 is 1.46 bits per heavy atom. The predicted octanol–water partition coefficient (Wildman–Crippen LogP) is 5.77. The molecule has 5 aliphatic rings. The summed E-state index contributed by atoms with van der Waals surface area (Å²) in [5.41, 5.74) is -0.148. The lowest BCUT2D eigenvalue weighted by Gasteiger charge is -2.72. The minimum Gasteiger partial charge on any atom is -0.469 e. The summed E-state index contributed by atoms with van der Waals surface area (Å²) >= 11 is 0. The first-order valence-corrected chi connectivity index (χ1v) is 14.2. The summed E-state index contributed by atoms with van der Waals surface area (Å²) in [5.74, 6) is 1.01. The van der Waals surface area contributed by atoms with Gasteiger partial charge in [-0.05, 0) is 110 Å². The number of rotatable bonds is 2. The number of methoxy groups -OCH3 is 2. The average molecular weight is 489 g/mol. The molecule has 0 amide bonds. The quantitative estimate of drug-likeness (QED) is 0.499. The molecule has 0 heterocycles. The molecule has 0 bridgehead atoms. The van der Waals surface area contributed by atoms with Crippen molar-refractivity contribution in [1.82, 2.24) is 0 Å². The number of fused-ring (bicyclic) bond motifs is 7. The monoisotopic (exact) mass is 488 g/mol. The second-order valence-corrected chi connectivity index (χ2v) is 14.4. The van der Waals surface area contributed by atoms with E-state index in [1.807, 2.05) is 0 Å². The lowest BCUT2D eigenvalue weighted by atomic mass is 9.32. The molecule has 5 saturated carbocycles. The first-order valence-electron chi connectivity index (χ1n) is 14.2. The highest BCUT2D eigenvalue weighted by atomic mass is 16.5. The van der Waals surface area contributed by atoms with Gasteiger partial charge in [-0.2, -0.15) is 0 Å². The van der Waals surface area contributed by atoms with Crippen LogP contribution in [0.25, 0.3) is 0 Å². The molecule has 0 aromatic rings. The van der Waals surface area contributed by atoms with Crippen molar-refractivity contribution in [2.24, 2.45) is 56.7 Å². The highest BCUT2D eigenvalue weighted by Crippen LogP contribution is 2.77. The Morgan fingerprint density at radius 1 is 0.743 bits per heavy atom. The zero-order valence-electron chi connectivity index (χ0n) is 23.1. The normalized spacial score (nSPS) is 52.3. The van der Waals surface area contributed by atoms with E-state index in [0.717, 1.165) is 57.8 Å². The molecule has 5 rings (SSSR count). The molecular formula is C30H48O5. The van der Waals surface area contributed by atoms with Gasteiger partial charge in [-0.1, -0.05) is 34.6 Å². The molecule has 10 atom stereocenters. The first kappa shape index (κ1) is 25.5. The van der Waals surface area contributed by atoms with Gasteiger partial charge in [0.15, 0.2) is 0 Å². The summed E-state index contributed by atoms with van der Waals surface area (Å²) in [4.78, 5) is 26.3. The fourth-order valence-electron chi connectivity index (χ4n) is 11.6. The molecule has 0 aromatic carbocycles. The fourth-order valence-corrected chi connectivity index (χ4v) is 11.6. The van der Waals surface area contributed by atoms with Crippen molar-refractivity contribution < 1.29 is 24.2 Å². The Morgan fingerprint density at radius 3 is 2.11 bits per heavy atom. The molecule has 0 radical (unpaired) electrons. The van der Waals surface area contributed by atoms with Gasteiger partial charge in [-0.3, -0.25) is 9.59 Å². The molecule has 5 nitrogen and oxygen atoms in total. The Hall–Kier alpha value is -1.10. The third kappa shape index (κ3) is 3.03. The van der Waals surface area contributed by atoms with E-state index in [4.69, 9.17) is 9.47 Å². The van der Waals surface area contributed by atoms with Crippen molar-refractivity contribution >= 4 is 11.9 Å². The van der Waals surface area contributed by atoms with Crippen LogP contribution in [-0.2, 0) is 19.1 Å². The maximum atomic E-state index is 13.3. The molecule has 35 heavy (non-hydrogen) atoms. The molecule has 1 N–H and O–H groups in total. The van der Waals surface area contributed by atoms with Crippen LogP contribution >= 0.6 is 0 Å². The summed E-state index contributed by atoms with van der Waals surface area (Å²) in [6.45, 7) is 12.2. The molecule has 5 heteroatoms. The highest BCUT2D eigenvalue weighted by Gasteiger charge is 2.72. The summed E-state index contributed by atoms with van der Waals surface area (Å²) in [5, 5.41) is 10.9. The zero-order valence-corrected chi connectivity index (χ0v) is 23.1. The molecule has 0 aliphatic heterocycles. The molecule has 198 valence electrons. The van der Waals surface area contributed by atoms with Gasteiger partial charge in [-0.25, -0.2) is 0 Å². The third-order valence-corrected chi connectivity index (χ3v) is 13.5. The molecule has 5 fully saturated rings. The molecule has 4 unspecified atom stereocenters. The molecule has 0 spiro atoms. The summed E-state index contributed by atoms with van der Waals surface area (Å²) in [6, 6.07) is 0. The van der Waals surface area contributed by atoms with Crippen LogP contribution in [0.15, 0.2) is 0 Å². The van der Waals surface area contributed by atoms with Gasteiger partial charge in [0.05, 0.1) is 31.7 Å². The number of esters is 2. The van der Waals surface area contributed by atoms with Crippen LogP contribution in [0.1, 0.15) is 98.8 Å². The zero-order chi connectivity index (χ0) is 25.6. The topological polar surface area (TPSA) is 72.8 Å². The number of hydrogen-bond acceptors (Lipinski definition) is 5. The number of ether oxygens (including phenoxy) is 2. The second kappa shape index (κ2) is 7.95. The number of aliphatic hydroxyl groups excluding tert-OH is 1. The molecular weight excluding hydrogens is 440 g/mol. The lowest BCUT2D eigenvalue weighted by molar-refractivity contribution is -0.249. The van der Waals surface area contributed by atoms with Crippen molar-refractivity contribution in [1.29, 1.82) is 0 Å². The maximum Gasteiger partial charge on any atom is 0.312 e. The van der Waals surface area contributed by atoms with Gasteiger partial charge < -0.3 is 14.6 Å². The largest absolute Gasteiger partial charge is 0.469 e. The first-order chi connectivity index (χ1) is 16.3. The van der Waals surface area contributed by atoms with Crippen LogP contribution in [0.5, 0.6) is 0 Å². The number of carbonyl (C=O) groups excluding carboxylic acids is 2. The Kier molecular flexibility index (Phi) is 5.80. The predicted molar refractivity (Wildman–Crippen MR) is 134 cm³/mol. The van der Waals surface area contributed by atoms with Crippen molar-refractivity contribution in [2.75, 3.05) is 14.2 Å². The number of carbonyl (C=O) groups is 2. The Labute approximate surface area is 212 Å². The number of hydrogen-bond donors (Lipinski definition) is 1. The summed E-state index contributed by atoms with van der Waals surface area (Å²) < 4.78 is 10.7. The third-order valence-electron chi connectivity index (χ3n) is 13.5. The molecule has 0 saturated heterocycles. The highest BCUT2D eigenvalue weighted by molar-refractivity contribution is 5.81. The van der Waals surface area contributed by atoms with E-state index in [2.05, 4.69) is 34.6 Å². The Balaban J connectivity index is 1.56. The van der Waals surface area contributed by atoms with E-state index in [1.54, 1.807) is 0 Å². The smallest absolute Gasteiger partial charge is 0.312 e. The van der Waals surface area contributed by atoms with Crippen molar-refractivity contribution in [3.05, 3.63) is 0 Å². The fraction of sp³-hybridized carbons (Fsp3) is 0.933. The van der Waals surface area contributed by atoms with Gasteiger partial charge in [0.1, 0.15) is 0 Å². The van der Waals surface area contributed by atoms with Crippen LogP contribution < -0.4 is 0 Å². The van der Waals surface area contributed by atoms with Gasteiger partial charge in [-0.15, -0.1) is 0 Å². The van der Waals surface area contributed by atoms with E-state index in [-0.39, 0.29) is 51.5 Å². The lowest BCUT2D eigenvalue weighted by Crippen LogP contribution is -2.67. The van der Waals surface area contributed by atoms with Crippen molar-refractivity contribution in [3.8, 4) is 0 Å². The molecule has 5 aliphatic carbocycles. The van der Waals surface area contributed by atoms with E-state index >= 15 is 0 Å². The van der Waals surface area contributed by atoms with Crippen LogP contribution in [0.4, 0.5) is 0 Å². The van der Waals surface area contributed by atoms with Gasteiger partial charge >= 0.3 is 11.9 Å². The number of aliphatic hydroxyl groups is 1. The average Bonchev–Trinajstić information content (AvgIpc) is 3.22. The van der Waals surface area contributed by atoms with Crippen LogP contribution in [0.3, 0.4) is 0 Å². The van der Waals surface area contributed by atoms with Crippen molar-refractivity contribution in [2.45, 2.75) is 105 Å².